The summed E-state index contributed by atoms with van der Waals surface area (Å²) in [6.45, 7) is 0. The molecule has 2 aliphatic rings. The standard InChI is InChI=1S/C59H37NO2/c1-2-16-38(17-3-1)40-19-14-20-43(36-40)60(52-37-41-18-4-5-21-45(41)58-57(52)47-23-7-11-29-53(47)62-58)42-34-32-39(33-35-42)44-24-15-28-51-56(44)46-22-6-8-25-48(46)59(51)49-26-9-12-30-54(49)61-55-31-13-10-27-50(55)59/h1-37H. The molecule has 1 spiro atoms. The molecule has 0 amide bonds. The second-order valence-corrected chi connectivity index (χ2v) is 16.3. The summed E-state index contributed by atoms with van der Waals surface area (Å²) in [5.74, 6) is 1.79. The van der Waals surface area contributed by atoms with E-state index in [1.165, 1.54) is 44.5 Å². The van der Waals surface area contributed by atoms with Crippen LogP contribution in [0.5, 0.6) is 11.5 Å². The highest BCUT2D eigenvalue weighted by Crippen LogP contribution is 2.63. The van der Waals surface area contributed by atoms with Gasteiger partial charge < -0.3 is 14.1 Å². The highest BCUT2D eigenvalue weighted by Gasteiger charge is 2.51. The molecule has 0 atom stereocenters. The minimum absolute atomic E-state index is 0.525. The number of hydrogen-bond acceptors (Lipinski definition) is 3. The maximum absolute atomic E-state index is 6.73. The Kier molecular flexibility index (Phi) is 7.52. The number of nitrogens with zero attached hydrogens (tertiary/aromatic N) is 1. The normalized spacial score (nSPS) is 13.1. The number of benzene rings is 10. The average Bonchev–Trinajstić information content (AvgIpc) is 3.88. The molecule has 1 aliphatic heterocycles. The van der Waals surface area contributed by atoms with Gasteiger partial charge in [0.05, 0.1) is 16.5 Å². The molecule has 10 aromatic carbocycles. The van der Waals surface area contributed by atoms with Crippen LogP contribution in [0, 0.1) is 0 Å². The predicted molar refractivity (Wildman–Crippen MR) is 254 cm³/mol. The van der Waals surface area contributed by atoms with Gasteiger partial charge in [-0.3, -0.25) is 0 Å². The van der Waals surface area contributed by atoms with Crippen LogP contribution in [0.25, 0.3) is 66.1 Å². The minimum Gasteiger partial charge on any atom is -0.457 e. The van der Waals surface area contributed by atoms with Crippen molar-refractivity contribution in [1.82, 2.24) is 0 Å². The van der Waals surface area contributed by atoms with Crippen LogP contribution in [0.4, 0.5) is 17.1 Å². The lowest BCUT2D eigenvalue weighted by Crippen LogP contribution is -2.32. The number of fused-ring (bicyclic) bond motifs is 14. The Morgan fingerprint density at radius 2 is 1.00 bits per heavy atom. The Labute approximate surface area is 359 Å². The Bertz CT molecular complexity index is 3520. The molecular formula is C59H37NO2. The Morgan fingerprint density at radius 3 is 1.81 bits per heavy atom. The minimum atomic E-state index is -0.525. The summed E-state index contributed by atoms with van der Waals surface area (Å²) >= 11 is 0. The zero-order valence-corrected chi connectivity index (χ0v) is 33.6. The summed E-state index contributed by atoms with van der Waals surface area (Å²) in [7, 11) is 0. The van der Waals surface area contributed by atoms with E-state index in [-0.39, 0.29) is 0 Å². The second kappa shape index (κ2) is 13.4. The van der Waals surface area contributed by atoms with Crippen LogP contribution in [-0.2, 0) is 5.41 Å². The van der Waals surface area contributed by atoms with Gasteiger partial charge in [-0.15, -0.1) is 0 Å². The van der Waals surface area contributed by atoms with Crippen molar-refractivity contribution in [3.63, 3.8) is 0 Å². The van der Waals surface area contributed by atoms with E-state index in [1.54, 1.807) is 0 Å². The monoisotopic (exact) mass is 791 g/mol. The predicted octanol–water partition coefficient (Wildman–Crippen LogP) is 16.0. The van der Waals surface area contributed by atoms with Crippen LogP contribution in [0.3, 0.4) is 0 Å². The molecule has 0 unspecified atom stereocenters. The molecule has 1 aromatic heterocycles. The van der Waals surface area contributed by atoms with Crippen LogP contribution in [0.1, 0.15) is 22.3 Å². The van der Waals surface area contributed by atoms with Gasteiger partial charge in [-0.05, 0) is 98.4 Å². The molecule has 3 nitrogen and oxygen atoms in total. The highest BCUT2D eigenvalue weighted by atomic mass is 16.5. The van der Waals surface area contributed by atoms with Crippen molar-refractivity contribution in [2.45, 2.75) is 5.41 Å². The van der Waals surface area contributed by atoms with Crippen LogP contribution in [-0.4, -0.2) is 0 Å². The molecule has 0 radical (unpaired) electrons. The third-order valence-electron chi connectivity index (χ3n) is 13.1. The molecule has 62 heavy (non-hydrogen) atoms. The number of hydrogen-bond donors (Lipinski definition) is 0. The van der Waals surface area contributed by atoms with E-state index in [4.69, 9.17) is 9.15 Å². The topological polar surface area (TPSA) is 25.6 Å². The van der Waals surface area contributed by atoms with Gasteiger partial charge in [0, 0.05) is 33.3 Å². The van der Waals surface area contributed by atoms with Crippen molar-refractivity contribution >= 4 is 49.8 Å². The summed E-state index contributed by atoms with van der Waals surface area (Å²) in [4.78, 5) is 2.41. The number of para-hydroxylation sites is 3. The van der Waals surface area contributed by atoms with E-state index >= 15 is 0 Å². The van der Waals surface area contributed by atoms with Crippen molar-refractivity contribution in [1.29, 1.82) is 0 Å². The first-order valence-electron chi connectivity index (χ1n) is 21.2. The Balaban J connectivity index is 1.03. The first-order chi connectivity index (χ1) is 30.8. The summed E-state index contributed by atoms with van der Waals surface area (Å²) in [6, 6.07) is 80.8. The summed E-state index contributed by atoms with van der Waals surface area (Å²) in [5.41, 5.74) is 16.5. The third-order valence-corrected chi connectivity index (χ3v) is 13.1. The fourth-order valence-electron chi connectivity index (χ4n) is 10.5. The smallest absolute Gasteiger partial charge is 0.145 e. The molecule has 290 valence electrons. The van der Waals surface area contributed by atoms with Gasteiger partial charge in [-0.25, -0.2) is 0 Å². The second-order valence-electron chi connectivity index (χ2n) is 16.3. The van der Waals surface area contributed by atoms with E-state index in [0.29, 0.717) is 0 Å². The number of furan rings is 1. The molecule has 0 saturated heterocycles. The maximum atomic E-state index is 6.73. The first kappa shape index (κ1) is 34.7. The van der Waals surface area contributed by atoms with Gasteiger partial charge in [0.1, 0.15) is 22.7 Å². The molecule has 0 fully saturated rings. The van der Waals surface area contributed by atoms with Gasteiger partial charge >= 0.3 is 0 Å². The van der Waals surface area contributed by atoms with Gasteiger partial charge in [0.2, 0.25) is 0 Å². The zero-order chi connectivity index (χ0) is 40.8. The number of rotatable bonds is 5. The highest BCUT2D eigenvalue weighted by molar-refractivity contribution is 6.22. The average molecular weight is 792 g/mol. The van der Waals surface area contributed by atoms with E-state index in [1.807, 2.05) is 6.07 Å². The van der Waals surface area contributed by atoms with Crippen molar-refractivity contribution < 1.29 is 9.15 Å². The molecule has 3 heteroatoms. The molecule has 0 N–H and O–H groups in total. The molecule has 2 heterocycles. The van der Waals surface area contributed by atoms with Gasteiger partial charge in [0.15, 0.2) is 0 Å². The van der Waals surface area contributed by atoms with Crippen molar-refractivity contribution in [2.75, 3.05) is 4.90 Å². The number of ether oxygens (including phenoxy) is 1. The lowest BCUT2D eigenvalue weighted by Gasteiger charge is -2.39. The van der Waals surface area contributed by atoms with Crippen molar-refractivity contribution in [2.24, 2.45) is 0 Å². The van der Waals surface area contributed by atoms with E-state index in [0.717, 1.165) is 72.4 Å². The Morgan fingerprint density at radius 1 is 0.387 bits per heavy atom. The lowest BCUT2D eigenvalue weighted by atomic mass is 9.66. The van der Waals surface area contributed by atoms with Gasteiger partial charge in [-0.2, -0.15) is 0 Å². The summed E-state index contributed by atoms with van der Waals surface area (Å²) in [5, 5.41) is 4.40. The Hall–Kier alpha value is -8.14. The van der Waals surface area contributed by atoms with E-state index in [2.05, 4.69) is 223 Å². The molecule has 11 aromatic rings. The van der Waals surface area contributed by atoms with Gasteiger partial charge in [-0.1, -0.05) is 176 Å². The van der Waals surface area contributed by atoms with Crippen LogP contribution < -0.4 is 9.64 Å². The van der Waals surface area contributed by atoms with Crippen LogP contribution in [0.15, 0.2) is 229 Å². The fraction of sp³-hybridized carbons (Fsp3) is 0.0169. The molecule has 1 aliphatic carbocycles. The first-order valence-corrected chi connectivity index (χ1v) is 21.2. The van der Waals surface area contributed by atoms with Gasteiger partial charge in [0.25, 0.3) is 0 Å². The summed E-state index contributed by atoms with van der Waals surface area (Å²) in [6.07, 6.45) is 0. The SMILES string of the molecule is c1ccc(-c2cccc(N(c3ccc(-c4cccc5c4-c4ccccc4C54c5ccccc5Oc5ccccc54)cc3)c3cc4ccccc4c4oc5ccccc5c34)c2)cc1. The largest absolute Gasteiger partial charge is 0.457 e. The molecule has 0 saturated carbocycles. The molecule has 13 rings (SSSR count). The number of anilines is 3. The van der Waals surface area contributed by atoms with Crippen LogP contribution in [0.2, 0.25) is 0 Å². The quantitative estimate of drug-likeness (QED) is 0.174. The fourth-order valence-corrected chi connectivity index (χ4v) is 10.5. The van der Waals surface area contributed by atoms with Crippen molar-refractivity contribution in [3.8, 4) is 44.9 Å². The zero-order valence-electron chi connectivity index (χ0n) is 33.6. The molecule has 0 bridgehead atoms. The third kappa shape index (κ3) is 4.94. The summed E-state index contributed by atoms with van der Waals surface area (Å²) < 4.78 is 13.3. The van der Waals surface area contributed by atoms with Crippen LogP contribution >= 0.6 is 0 Å². The maximum Gasteiger partial charge on any atom is 0.145 e. The van der Waals surface area contributed by atoms with E-state index < -0.39 is 5.41 Å². The van der Waals surface area contributed by atoms with E-state index in [9.17, 15) is 0 Å². The molecular weight excluding hydrogens is 755 g/mol. The van der Waals surface area contributed by atoms with Crippen molar-refractivity contribution in [3.05, 3.63) is 247 Å². The lowest BCUT2D eigenvalue weighted by molar-refractivity contribution is 0.436.